The fourth-order valence-corrected chi connectivity index (χ4v) is 1.80. The maximum atomic E-state index is 11.5. The lowest BCUT2D eigenvalue weighted by molar-refractivity contribution is -0.244. The van der Waals surface area contributed by atoms with Crippen LogP contribution in [0.15, 0.2) is 12.2 Å². The van der Waals surface area contributed by atoms with Crippen LogP contribution in [0, 0.1) is 5.92 Å². The smallest absolute Gasteiger partial charge is 0.308 e. The van der Waals surface area contributed by atoms with Gasteiger partial charge < -0.3 is 9.47 Å². The zero-order valence-electron chi connectivity index (χ0n) is 10.7. The summed E-state index contributed by atoms with van der Waals surface area (Å²) < 4.78 is 10.8. The van der Waals surface area contributed by atoms with Crippen LogP contribution in [-0.4, -0.2) is 17.7 Å². The van der Waals surface area contributed by atoms with E-state index < -0.39 is 5.79 Å². The van der Waals surface area contributed by atoms with Gasteiger partial charge in [-0.2, -0.15) is 0 Å². The van der Waals surface area contributed by atoms with Gasteiger partial charge in [0.15, 0.2) is 0 Å². The second kappa shape index (κ2) is 5.84. The van der Waals surface area contributed by atoms with Gasteiger partial charge in [0.25, 0.3) is 5.79 Å². The number of allylic oxidation sites excluding steroid dienone is 1. The number of hydrogen-bond donors (Lipinski definition) is 0. The quantitative estimate of drug-likeness (QED) is 0.430. The van der Waals surface area contributed by atoms with Crippen LogP contribution in [0.5, 0.6) is 0 Å². The first-order chi connectivity index (χ1) is 8.04. The van der Waals surface area contributed by atoms with Crippen molar-refractivity contribution in [2.45, 2.75) is 52.2 Å². The van der Waals surface area contributed by atoms with Crippen molar-refractivity contribution in [2.24, 2.45) is 5.92 Å². The van der Waals surface area contributed by atoms with Crippen molar-refractivity contribution in [1.82, 2.24) is 0 Å². The zero-order valence-corrected chi connectivity index (χ0v) is 10.7. The van der Waals surface area contributed by atoms with Crippen LogP contribution in [0.25, 0.3) is 0 Å². The molecule has 0 radical (unpaired) electrons. The maximum Gasteiger partial charge on any atom is 0.308 e. The summed E-state index contributed by atoms with van der Waals surface area (Å²) in [6, 6.07) is 0. The molecule has 1 rings (SSSR count). The number of rotatable bonds is 4. The molecular formula is C13H20O4. The van der Waals surface area contributed by atoms with Gasteiger partial charge in [0.1, 0.15) is 0 Å². The molecule has 96 valence electrons. The Morgan fingerprint density at radius 2 is 1.76 bits per heavy atom. The van der Waals surface area contributed by atoms with Crippen LogP contribution in [0.2, 0.25) is 0 Å². The Kier molecular flexibility index (Phi) is 4.73. The van der Waals surface area contributed by atoms with E-state index in [0.717, 1.165) is 6.42 Å². The van der Waals surface area contributed by atoms with Crippen LogP contribution < -0.4 is 0 Å². The molecule has 0 aromatic rings. The first-order valence-corrected chi connectivity index (χ1v) is 6.14. The predicted molar refractivity (Wildman–Crippen MR) is 63.0 cm³/mol. The summed E-state index contributed by atoms with van der Waals surface area (Å²) in [6.07, 6.45) is 5.78. The number of carbonyl (C=O) groups excluding carboxylic acids is 2. The second-order valence-corrected chi connectivity index (χ2v) is 4.22. The normalized spacial score (nSPS) is 21.9. The number of hydrogen-bond acceptors (Lipinski definition) is 4. The number of carbonyl (C=O) groups is 2. The highest BCUT2D eigenvalue weighted by Crippen LogP contribution is 2.34. The molecule has 0 saturated heterocycles. The second-order valence-electron chi connectivity index (χ2n) is 4.22. The fourth-order valence-electron chi connectivity index (χ4n) is 1.80. The summed E-state index contributed by atoms with van der Waals surface area (Å²) in [6.45, 7) is 5.34. The molecule has 0 aromatic heterocycles. The SMILES string of the molecule is CCC(=O)OC1(OC(=O)CC)CCC=CC1C. The maximum absolute atomic E-state index is 11.5. The predicted octanol–water partition coefficient (Wildman–Crippen LogP) is 2.58. The van der Waals surface area contributed by atoms with Crippen molar-refractivity contribution < 1.29 is 19.1 Å². The molecule has 0 bridgehead atoms. The number of esters is 2. The standard InChI is InChI=1S/C13H20O4/c1-4-11(14)16-13(17-12(15)5-2)9-7-6-8-10(13)3/h6,8,10H,4-5,7,9H2,1-3H3. The van der Waals surface area contributed by atoms with E-state index in [1.807, 2.05) is 19.1 Å². The first kappa shape index (κ1) is 13.7. The summed E-state index contributed by atoms with van der Waals surface area (Å²) in [7, 11) is 0. The van der Waals surface area contributed by atoms with E-state index in [-0.39, 0.29) is 30.7 Å². The molecule has 0 spiro atoms. The monoisotopic (exact) mass is 240 g/mol. The van der Waals surface area contributed by atoms with Crippen molar-refractivity contribution in [2.75, 3.05) is 0 Å². The van der Waals surface area contributed by atoms with Crippen LogP contribution in [0.3, 0.4) is 0 Å². The molecule has 17 heavy (non-hydrogen) atoms. The lowest BCUT2D eigenvalue weighted by Crippen LogP contribution is -2.46. The lowest BCUT2D eigenvalue weighted by Gasteiger charge is -2.38. The van der Waals surface area contributed by atoms with Gasteiger partial charge in [-0.25, -0.2) is 0 Å². The van der Waals surface area contributed by atoms with Gasteiger partial charge in [-0.05, 0) is 6.42 Å². The van der Waals surface area contributed by atoms with E-state index in [4.69, 9.17) is 9.47 Å². The summed E-state index contributed by atoms with van der Waals surface area (Å²) in [5.41, 5.74) is 0. The van der Waals surface area contributed by atoms with Crippen LogP contribution in [0.4, 0.5) is 0 Å². The Labute approximate surface area is 102 Å². The van der Waals surface area contributed by atoms with Gasteiger partial charge >= 0.3 is 11.9 Å². The van der Waals surface area contributed by atoms with E-state index in [1.165, 1.54) is 0 Å². The van der Waals surface area contributed by atoms with E-state index in [9.17, 15) is 9.59 Å². The van der Waals surface area contributed by atoms with Crippen LogP contribution in [-0.2, 0) is 19.1 Å². The summed E-state index contributed by atoms with van der Waals surface area (Å²) in [5.74, 6) is -1.89. The molecule has 0 fully saturated rings. The van der Waals surface area contributed by atoms with E-state index in [2.05, 4.69) is 0 Å². The topological polar surface area (TPSA) is 52.6 Å². The largest absolute Gasteiger partial charge is 0.422 e. The van der Waals surface area contributed by atoms with Gasteiger partial charge in [0.05, 0.1) is 5.92 Å². The van der Waals surface area contributed by atoms with Crippen molar-refractivity contribution in [1.29, 1.82) is 0 Å². The molecule has 0 heterocycles. The van der Waals surface area contributed by atoms with Gasteiger partial charge in [-0.1, -0.05) is 32.9 Å². The fraction of sp³-hybridized carbons (Fsp3) is 0.692. The highest BCUT2D eigenvalue weighted by atomic mass is 16.7. The van der Waals surface area contributed by atoms with Gasteiger partial charge in [-0.15, -0.1) is 0 Å². The summed E-state index contributed by atoms with van der Waals surface area (Å²) in [4.78, 5) is 22.9. The van der Waals surface area contributed by atoms with Gasteiger partial charge in [0.2, 0.25) is 0 Å². The van der Waals surface area contributed by atoms with E-state index in [1.54, 1.807) is 13.8 Å². The molecule has 0 aliphatic heterocycles. The molecule has 0 amide bonds. The average Bonchev–Trinajstić information content (AvgIpc) is 2.32. The van der Waals surface area contributed by atoms with E-state index in [0.29, 0.717) is 6.42 Å². The molecule has 1 atom stereocenters. The van der Waals surface area contributed by atoms with Crippen molar-refractivity contribution in [3.63, 3.8) is 0 Å². The van der Waals surface area contributed by atoms with E-state index >= 15 is 0 Å². The Morgan fingerprint density at radius 1 is 1.24 bits per heavy atom. The summed E-state index contributed by atoms with van der Waals surface area (Å²) in [5, 5.41) is 0. The van der Waals surface area contributed by atoms with Crippen molar-refractivity contribution in [3.8, 4) is 0 Å². The molecular weight excluding hydrogens is 220 g/mol. The number of ether oxygens (including phenoxy) is 2. The average molecular weight is 240 g/mol. The molecule has 0 saturated carbocycles. The molecule has 0 N–H and O–H groups in total. The first-order valence-electron chi connectivity index (χ1n) is 6.14. The lowest BCUT2D eigenvalue weighted by atomic mass is 9.90. The molecule has 1 aliphatic carbocycles. The van der Waals surface area contributed by atoms with Crippen LogP contribution in [0.1, 0.15) is 46.5 Å². The van der Waals surface area contributed by atoms with Gasteiger partial charge in [-0.3, -0.25) is 9.59 Å². The van der Waals surface area contributed by atoms with Crippen molar-refractivity contribution in [3.05, 3.63) is 12.2 Å². The molecule has 1 unspecified atom stereocenters. The minimum atomic E-state index is -1.10. The minimum absolute atomic E-state index is 0.109. The third-order valence-electron chi connectivity index (χ3n) is 2.93. The Morgan fingerprint density at radius 3 is 2.18 bits per heavy atom. The highest BCUT2D eigenvalue weighted by molar-refractivity contribution is 5.71. The molecule has 0 aromatic carbocycles. The minimum Gasteiger partial charge on any atom is -0.422 e. The Hall–Kier alpha value is -1.32. The zero-order chi connectivity index (χ0) is 12.9. The van der Waals surface area contributed by atoms with Crippen LogP contribution >= 0.6 is 0 Å². The van der Waals surface area contributed by atoms with Crippen molar-refractivity contribution >= 4 is 11.9 Å². The summed E-state index contributed by atoms with van der Waals surface area (Å²) >= 11 is 0. The van der Waals surface area contributed by atoms with Gasteiger partial charge in [0, 0.05) is 19.3 Å². The molecule has 4 heteroatoms. The third-order valence-corrected chi connectivity index (χ3v) is 2.93. The third kappa shape index (κ3) is 3.32. The highest BCUT2D eigenvalue weighted by Gasteiger charge is 2.43. The Balaban J connectivity index is 2.87. The molecule has 4 nitrogen and oxygen atoms in total. The Bertz CT molecular complexity index is 301. The molecule has 1 aliphatic rings.